The molecule has 35 heavy (non-hydrogen) atoms. The minimum atomic E-state index is -0.676. The monoisotopic (exact) mass is 477 g/mol. The highest BCUT2D eigenvalue weighted by Crippen LogP contribution is 2.32. The van der Waals surface area contributed by atoms with Crippen LogP contribution in [0.2, 0.25) is 0 Å². The van der Waals surface area contributed by atoms with E-state index in [2.05, 4.69) is 5.32 Å². The van der Waals surface area contributed by atoms with Crippen LogP contribution in [0.3, 0.4) is 0 Å². The smallest absolute Gasteiger partial charge is 0.324 e. The third-order valence-electron chi connectivity index (χ3n) is 6.31. The van der Waals surface area contributed by atoms with Crippen LogP contribution in [0.15, 0.2) is 66.7 Å². The van der Waals surface area contributed by atoms with Crippen LogP contribution in [0.1, 0.15) is 42.4 Å². The van der Waals surface area contributed by atoms with Crippen LogP contribution in [0.25, 0.3) is 0 Å². The molecule has 1 saturated heterocycles. The number of urea groups is 1. The molecule has 1 atom stereocenters. The Morgan fingerprint density at radius 3 is 2.51 bits per heavy atom. The summed E-state index contributed by atoms with van der Waals surface area (Å²) in [5.41, 5.74) is 3.30. The van der Waals surface area contributed by atoms with Gasteiger partial charge >= 0.3 is 6.03 Å². The van der Waals surface area contributed by atoms with Crippen LogP contribution in [-0.4, -0.2) is 29.9 Å². The molecule has 1 heterocycles. The number of nitrogens with zero attached hydrogens (tertiary/aromatic N) is 2. The van der Waals surface area contributed by atoms with Crippen LogP contribution in [-0.2, 0) is 11.3 Å². The van der Waals surface area contributed by atoms with E-state index in [4.69, 9.17) is 0 Å². The molecule has 0 spiro atoms. The van der Waals surface area contributed by atoms with Crippen molar-refractivity contribution >= 4 is 23.3 Å². The van der Waals surface area contributed by atoms with Crippen molar-refractivity contribution in [3.8, 4) is 0 Å². The topological polar surface area (TPSA) is 52.7 Å². The van der Waals surface area contributed by atoms with Crippen LogP contribution in [0.4, 0.5) is 25.0 Å². The molecule has 3 aromatic rings. The number of halogens is 2. The molecule has 5 nitrogen and oxygen atoms in total. The Balaban J connectivity index is 1.57. The summed E-state index contributed by atoms with van der Waals surface area (Å²) >= 11 is 0. The summed E-state index contributed by atoms with van der Waals surface area (Å²) in [7, 11) is 0. The average molecular weight is 478 g/mol. The Kier molecular flexibility index (Phi) is 7.44. The number of amides is 3. The highest BCUT2D eigenvalue weighted by atomic mass is 19.1. The lowest BCUT2D eigenvalue weighted by Crippen LogP contribution is -2.49. The normalized spacial score (nSPS) is 14.7. The van der Waals surface area contributed by atoms with Crippen molar-refractivity contribution in [1.82, 2.24) is 4.90 Å². The Hall–Kier alpha value is -3.74. The first-order valence-electron chi connectivity index (χ1n) is 11.8. The number of benzene rings is 3. The second-order valence-corrected chi connectivity index (χ2v) is 8.83. The number of carbonyl (C=O) groups excluding carboxylic acids is 2. The van der Waals surface area contributed by atoms with Crippen molar-refractivity contribution in [2.45, 2.75) is 39.2 Å². The largest absolute Gasteiger partial charge is 0.324 e. The summed E-state index contributed by atoms with van der Waals surface area (Å²) in [6.45, 7) is 4.88. The number of hydrogen-bond donors (Lipinski definition) is 1. The minimum Gasteiger partial charge on any atom is -0.324 e. The van der Waals surface area contributed by atoms with Crippen molar-refractivity contribution in [2.75, 3.05) is 23.3 Å². The van der Waals surface area contributed by atoms with Crippen molar-refractivity contribution in [3.05, 3.63) is 95.1 Å². The summed E-state index contributed by atoms with van der Waals surface area (Å²) in [4.78, 5) is 29.8. The standard InChI is InChI=1S/C28H29F2N3O2/c1-3-23(20-8-5-4-6-9-20)27(34)31-25-16-19(2)10-13-26(25)33-15-7-14-32(28(33)35)18-21-11-12-22(29)17-24(21)30/h4-6,8-13,16-17,23H,3,7,14-15,18H2,1-2H3,(H,31,34)/t23-/m0/s1. The molecule has 1 aliphatic heterocycles. The first-order valence-corrected chi connectivity index (χ1v) is 11.8. The SMILES string of the molecule is CC[C@H](C(=O)Nc1cc(C)ccc1N1CCCN(Cc2ccc(F)cc2F)C1=O)c1ccccc1. The summed E-state index contributed by atoms with van der Waals surface area (Å²) < 4.78 is 27.5. The van der Waals surface area contributed by atoms with Gasteiger partial charge in [0.1, 0.15) is 11.6 Å². The molecule has 1 N–H and O–H groups in total. The third-order valence-corrected chi connectivity index (χ3v) is 6.31. The molecule has 3 aromatic carbocycles. The van der Waals surface area contributed by atoms with E-state index in [0.29, 0.717) is 37.3 Å². The van der Waals surface area contributed by atoms with Crippen molar-refractivity contribution < 1.29 is 18.4 Å². The number of aryl methyl sites for hydroxylation is 1. The van der Waals surface area contributed by atoms with Crippen LogP contribution >= 0.6 is 0 Å². The minimum absolute atomic E-state index is 0.0426. The van der Waals surface area contributed by atoms with Crippen LogP contribution < -0.4 is 10.2 Å². The maximum atomic E-state index is 14.2. The van der Waals surface area contributed by atoms with Gasteiger partial charge in [-0.2, -0.15) is 0 Å². The highest BCUT2D eigenvalue weighted by Gasteiger charge is 2.30. The second kappa shape index (κ2) is 10.7. The molecule has 1 fully saturated rings. The summed E-state index contributed by atoms with van der Waals surface area (Å²) in [5.74, 6) is -1.79. The number of anilines is 2. The second-order valence-electron chi connectivity index (χ2n) is 8.83. The molecular formula is C28H29F2N3O2. The zero-order valence-corrected chi connectivity index (χ0v) is 19.9. The van der Waals surface area contributed by atoms with Gasteiger partial charge in [-0.05, 0) is 49.1 Å². The first kappa shape index (κ1) is 24.4. The lowest BCUT2D eigenvalue weighted by atomic mass is 9.95. The molecule has 4 rings (SSSR count). The molecule has 0 saturated carbocycles. The summed E-state index contributed by atoms with van der Waals surface area (Å²) in [5, 5.41) is 3.05. The molecule has 1 aliphatic rings. The highest BCUT2D eigenvalue weighted by molar-refractivity contribution is 6.02. The molecule has 0 bridgehead atoms. The van der Waals surface area contributed by atoms with Gasteiger partial charge < -0.3 is 10.2 Å². The lowest BCUT2D eigenvalue weighted by molar-refractivity contribution is -0.117. The van der Waals surface area contributed by atoms with Gasteiger partial charge in [-0.15, -0.1) is 0 Å². The van der Waals surface area contributed by atoms with Gasteiger partial charge in [0.25, 0.3) is 0 Å². The Morgan fingerprint density at radius 2 is 1.80 bits per heavy atom. The predicted molar refractivity (Wildman–Crippen MR) is 133 cm³/mol. The molecule has 0 unspecified atom stereocenters. The molecule has 3 amide bonds. The Bertz CT molecular complexity index is 1220. The number of nitrogens with one attached hydrogen (secondary N) is 1. The van der Waals surface area contributed by atoms with E-state index in [1.54, 1.807) is 9.80 Å². The molecular weight excluding hydrogens is 448 g/mol. The maximum absolute atomic E-state index is 14.2. The Morgan fingerprint density at radius 1 is 1.03 bits per heavy atom. The van der Waals surface area contributed by atoms with E-state index < -0.39 is 11.6 Å². The zero-order chi connectivity index (χ0) is 24.9. The molecule has 0 radical (unpaired) electrons. The van der Waals surface area contributed by atoms with Crippen LogP contribution in [0.5, 0.6) is 0 Å². The number of carbonyl (C=O) groups is 2. The van der Waals surface area contributed by atoms with Gasteiger partial charge in [0.2, 0.25) is 5.91 Å². The van der Waals surface area contributed by atoms with Gasteiger partial charge in [-0.25, -0.2) is 13.6 Å². The number of hydrogen-bond acceptors (Lipinski definition) is 2. The van der Waals surface area contributed by atoms with E-state index >= 15 is 0 Å². The molecule has 182 valence electrons. The van der Waals surface area contributed by atoms with E-state index in [0.717, 1.165) is 17.2 Å². The fraction of sp³-hybridized carbons (Fsp3) is 0.286. The van der Waals surface area contributed by atoms with Gasteiger partial charge in [0.05, 0.1) is 23.8 Å². The van der Waals surface area contributed by atoms with Gasteiger partial charge in [0, 0.05) is 24.7 Å². The number of rotatable bonds is 7. The van der Waals surface area contributed by atoms with Gasteiger partial charge in [-0.3, -0.25) is 9.69 Å². The fourth-order valence-electron chi connectivity index (χ4n) is 4.47. The van der Waals surface area contributed by atoms with Crippen molar-refractivity contribution in [2.24, 2.45) is 0 Å². The average Bonchev–Trinajstić information content (AvgIpc) is 2.84. The maximum Gasteiger partial charge on any atom is 0.324 e. The molecule has 0 aromatic heterocycles. The van der Waals surface area contributed by atoms with Crippen molar-refractivity contribution in [1.29, 1.82) is 0 Å². The lowest BCUT2D eigenvalue weighted by Gasteiger charge is -2.36. The molecule has 7 heteroatoms. The third kappa shape index (κ3) is 5.50. The van der Waals surface area contributed by atoms with Crippen LogP contribution in [0, 0.1) is 18.6 Å². The summed E-state index contributed by atoms with van der Waals surface area (Å²) in [6, 6.07) is 18.3. The summed E-state index contributed by atoms with van der Waals surface area (Å²) in [6.07, 6.45) is 1.31. The quantitative estimate of drug-likeness (QED) is 0.438. The van der Waals surface area contributed by atoms with E-state index in [-0.39, 0.29) is 30.0 Å². The Labute approximate surface area is 204 Å². The predicted octanol–water partition coefficient (Wildman–Crippen LogP) is 6.24. The zero-order valence-electron chi connectivity index (χ0n) is 19.9. The van der Waals surface area contributed by atoms with Gasteiger partial charge in [0.15, 0.2) is 0 Å². The van der Waals surface area contributed by atoms with E-state index in [9.17, 15) is 18.4 Å². The van der Waals surface area contributed by atoms with Crippen molar-refractivity contribution in [3.63, 3.8) is 0 Å². The van der Waals surface area contributed by atoms with E-state index in [1.165, 1.54) is 12.1 Å². The van der Waals surface area contributed by atoms with Gasteiger partial charge in [-0.1, -0.05) is 49.4 Å². The molecule has 0 aliphatic carbocycles. The fourth-order valence-corrected chi connectivity index (χ4v) is 4.47. The van der Waals surface area contributed by atoms with E-state index in [1.807, 2.05) is 62.4 Å². The first-order chi connectivity index (χ1) is 16.9.